The molecule has 0 fully saturated rings. The second kappa shape index (κ2) is 3.47. The zero-order chi connectivity index (χ0) is 11.8. The quantitative estimate of drug-likeness (QED) is 0.725. The van der Waals surface area contributed by atoms with Gasteiger partial charge in [-0.1, -0.05) is 0 Å². The van der Waals surface area contributed by atoms with E-state index in [0.717, 1.165) is 6.07 Å². The minimum atomic E-state index is -4.51. The van der Waals surface area contributed by atoms with Gasteiger partial charge in [0, 0.05) is 11.3 Å². The van der Waals surface area contributed by atoms with Crippen LogP contribution in [0.1, 0.15) is 5.56 Å². The van der Waals surface area contributed by atoms with Gasteiger partial charge in [0.2, 0.25) is 5.82 Å². The number of nitrogens with two attached hydrogens (primary N) is 1. The molecule has 0 saturated carbocycles. The number of alkyl halides is 3. The number of aromatic amines is 1. The Hall–Kier alpha value is -2.12. The Bertz CT molecular complexity index is 491. The molecule has 2 aromatic rings. The SMILES string of the molecule is Nc1ccc(-c2nn[nH]n2)c(C(F)(F)F)c1. The fraction of sp³-hybridized carbons (Fsp3) is 0.125. The average molecular weight is 229 g/mol. The number of H-pyrrole nitrogens is 1. The van der Waals surface area contributed by atoms with Crippen molar-refractivity contribution in [1.29, 1.82) is 0 Å². The number of nitrogens with one attached hydrogen (secondary N) is 1. The first-order valence-corrected chi connectivity index (χ1v) is 4.19. The summed E-state index contributed by atoms with van der Waals surface area (Å²) in [6.07, 6.45) is -4.51. The van der Waals surface area contributed by atoms with Crippen LogP contribution >= 0.6 is 0 Å². The van der Waals surface area contributed by atoms with E-state index in [4.69, 9.17) is 5.73 Å². The second-order valence-electron chi connectivity index (χ2n) is 3.04. The second-order valence-corrected chi connectivity index (χ2v) is 3.04. The largest absolute Gasteiger partial charge is 0.417 e. The Labute approximate surface area is 87.5 Å². The molecule has 84 valence electrons. The first-order chi connectivity index (χ1) is 7.48. The number of nitrogens with zero attached hydrogens (tertiary/aromatic N) is 3. The molecule has 1 aromatic carbocycles. The third-order valence-electron chi connectivity index (χ3n) is 1.94. The third-order valence-corrected chi connectivity index (χ3v) is 1.94. The molecule has 0 aliphatic heterocycles. The molecule has 5 nitrogen and oxygen atoms in total. The summed E-state index contributed by atoms with van der Waals surface area (Å²) in [5, 5.41) is 12.3. The van der Waals surface area contributed by atoms with Gasteiger partial charge >= 0.3 is 6.18 Å². The lowest BCUT2D eigenvalue weighted by molar-refractivity contribution is -0.137. The van der Waals surface area contributed by atoms with Gasteiger partial charge in [0.05, 0.1) is 5.56 Å². The van der Waals surface area contributed by atoms with Gasteiger partial charge in [0.15, 0.2) is 0 Å². The van der Waals surface area contributed by atoms with Crippen molar-refractivity contribution >= 4 is 5.69 Å². The van der Waals surface area contributed by atoms with Crippen LogP contribution in [0, 0.1) is 0 Å². The van der Waals surface area contributed by atoms with E-state index in [1.807, 2.05) is 0 Å². The maximum Gasteiger partial charge on any atom is 0.417 e. The Balaban J connectivity index is 2.62. The fourth-order valence-corrected chi connectivity index (χ4v) is 1.27. The summed E-state index contributed by atoms with van der Waals surface area (Å²) in [5.74, 6) is -0.118. The van der Waals surface area contributed by atoms with Crippen LogP contribution < -0.4 is 5.73 Å². The number of rotatable bonds is 1. The number of anilines is 1. The topological polar surface area (TPSA) is 80.5 Å². The molecule has 0 radical (unpaired) electrons. The van der Waals surface area contributed by atoms with Crippen molar-refractivity contribution in [2.45, 2.75) is 6.18 Å². The fourth-order valence-electron chi connectivity index (χ4n) is 1.27. The van der Waals surface area contributed by atoms with Crippen molar-refractivity contribution in [2.24, 2.45) is 0 Å². The number of halogens is 3. The molecule has 0 aliphatic carbocycles. The highest BCUT2D eigenvalue weighted by Gasteiger charge is 2.34. The molecule has 1 heterocycles. The number of benzene rings is 1. The number of nitrogen functional groups attached to an aromatic ring is 1. The summed E-state index contributed by atoms with van der Waals surface area (Å²) in [4.78, 5) is 0. The first-order valence-electron chi connectivity index (χ1n) is 4.19. The number of hydrogen-bond acceptors (Lipinski definition) is 4. The van der Waals surface area contributed by atoms with Crippen molar-refractivity contribution in [3.8, 4) is 11.4 Å². The number of aromatic nitrogens is 4. The average Bonchev–Trinajstić information content (AvgIpc) is 2.69. The monoisotopic (exact) mass is 229 g/mol. The highest BCUT2D eigenvalue weighted by Crippen LogP contribution is 2.36. The summed E-state index contributed by atoms with van der Waals surface area (Å²) in [6.45, 7) is 0. The summed E-state index contributed by atoms with van der Waals surface area (Å²) < 4.78 is 38.0. The van der Waals surface area contributed by atoms with Crippen molar-refractivity contribution in [1.82, 2.24) is 20.6 Å². The first kappa shape index (κ1) is 10.4. The molecule has 0 atom stereocenters. The molecule has 0 bridgehead atoms. The molecule has 16 heavy (non-hydrogen) atoms. The Morgan fingerprint density at radius 2 is 2.00 bits per heavy atom. The normalized spacial score (nSPS) is 11.7. The van der Waals surface area contributed by atoms with Gasteiger partial charge in [0.25, 0.3) is 0 Å². The van der Waals surface area contributed by atoms with Gasteiger partial charge < -0.3 is 5.73 Å². The Morgan fingerprint density at radius 3 is 2.56 bits per heavy atom. The lowest BCUT2D eigenvalue weighted by Crippen LogP contribution is -2.08. The molecule has 0 spiro atoms. The number of tetrazole rings is 1. The van der Waals surface area contributed by atoms with Crippen LogP contribution in [0.15, 0.2) is 18.2 Å². The van der Waals surface area contributed by atoms with E-state index in [1.54, 1.807) is 0 Å². The lowest BCUT2D eigenvalue weighted by atomic mass is 10.1. The predicted octanol–water partition coefficient (Wildman–Crippen LogP) is 1.47. The molecule has 0 unspecified atom stereocenters. The maximum atomic E-state index is 12.7. The van der Waals surface area contributed by atoms with Crippen molar-refractivity contribution in [3.05, 3.63) is 23.8 Å². The Morgan fingerprint density at radius 1 is 1.25 bits per heavy atom. The van der Waals surface area contributed by atoms with Crippen LogP contribution in [-0.2, 0) is 6.18 Å². The van der Waals surface area contributed by atoms with E-state index in [0.29, 0.717) is 0 Å². The van der Waals surface area contributed by atoms with E-state index in [-0.39, 0.29) is 17.1 Å². The highest BCUT2D eigenvalue weighted by atomic mass is 19.4. The van der Waals surface area contributed by atoms with E-state index in [1.165, 1.54) is 12.1 Å². The van der Waals surface area contributed by atoms with Crippen molar-refractivity contribution in [2.75, 3.05) is 5.73 Å². The van der Waals surface area contributed by atoms with E-state index in [2.05, 4.69) is 20.6 Å². The van der Waals surface area contributed by atoms with E-state index < -0.39 is 11.7 Å². The van der Waals surface area contributed by atoms with Gasteiger partial charge in [-0.2, -0.15) is 18.4 Å². The predicted molar refractivity (Wildman–Crippen MR) is 49.0 cm³/mol. The smallest absolute Gasteiger partial charge is 0.399 e. The van der Waals surface area contributed by atoms with Gasteiger partial charge in [-0.15, -0.1) is 10.2 Å². The van der Waals surface area contributed by atoms with Crippen LogP contribution in [0.2, 0.25) is 0 Å². The molecule has 1 aromatic heterocycles. The number of hydrogen-bond donors (Lipinski definition) is 2. The Kier molecular flexibility index (Phi) is 2.26. The molecule has 0 amide bonds. The molecular formula is C8H6F3N5. The molecule has 8 heteroatoms. The minimum Gasteiger partial charge on any atom is -0.399 e. The minimum absolute atomic E-state index is 0.0274. The summed E-state index contributed by atoms with van der Waals surface area (Å²) in [7, 11) is 0. The summed E-state index contributed by atoms with van der Waals surface area (Å²) in [5.41, 5.74) is 4.30. The van der Waals surface area contributed by atoms with Crippen LogP contribution in [0.25, 0.3) is 11.4 Å². The van der Waals surface area contributed by atoms with Crippen LogP contribution in [0.4, 0.5) is 18.9 Å². The van der Waals surface area contributed by atoms with E-state index >= 15 is 0 Å². The summed E-state index contributed by atoms with van der Waals surface area (Å²) in [6, 6.07) is 3.40. The lowest BCUT2D eigenvalue weighted by Gasteiger charge is -2.10. The van der Waals surface area contributed by atoms with Gasteiger partial charge in [-0.3, -0.25) is 0 Å². The molecule has 0 aliphatic rings. The molecular weight excluding hydrogens is 223 g/mol. The molecule has 2 rings (SSSR count). The maximum absolute atomic E-state index is 12.7. The highest BCUT2D eigenvalue weighted by molar-refractivity contribution is 5.64. The molecule has 0 saturated heterocycles. The van der Waals surface area contributed by atoms with Gasteiger partial charge in [-0.25, -0.2) is 0 Å². The zero-order valence-corrected chi connectivity index (χ0v) is 7.78. The summed E-state index contributed by atoms with van der Waals surface area (Å²) >= 11 is 0. The van der Waals surface area contributed by atoms with Gasteiger partial charge in [-0.05, 0) is 23.4 Å². The van der Waals surface area contributed by atoms with Crippen LogP contribution in [0.5, 0.6) is 0 Å². The molecule has 3 N–H and O–H groups in total. The van der Waals surface area contributed by atoms with Crippen molar-refractivity contribution in [3.63, 3.8) is 0 Å². The van der Waals surface area contributed by atoms with Gasteiger partial charge in [0.1, 0.15) is 0 Å². The zero-order valence-electron chi connectivity index (χ0n) is 7.78. The van der Waals surface area contributed by atoms with Crippen molar-refractivity contribution < 1.29 is 13.2 Å². The standard InChI is InChI=1S/C8H6F3N5/c9-8(10,11)6-3-4(12)1-2-5(6)7-13-15-16-14-7/h1-3H,12H2,(H,13,14,15,16). The van der Waals surface area contributed by atoms with Crippen LogP contribution in [0.3, 0.4) is 0 Å². The third kappa shape index (κ3) is 1.81. The van der Waals surface area contributed by atoms with E-state index in [9.17, 15) is 13.2 Å². The van der Waals surface area contributed by atoms with Crippen LogP contribution in [-0.4, -0.2) is 20.6 Å².